The van der Waals surface area contributed by atoms with Crippen molar-refractivity contribution in [3.05, 3.63) is 12.7 Å². The Hall–Kier alpha value is -0.340. The molecule has 11 heavy (non-hydrogen) atoms. The monoisotopic (exact) mass is 157 g/mol. The van der Waals surface area contributed by atoms with Crippen LogP contribution in [0.15, 0.2) is 12.7 Å². The topological polar surface area (TPSA) is 35.2 Å². The van der Waals surface area contributed by atoms with Crippen LogP contribution >= 0.6 is 0 Å². The Morgan fingerprint density at radius 2 is 2.09 bits per heavy atom. The lowest BCUT2D eigenvalue weighted by molar-refractivity contribution is 0.0225. The first-order chi connectivity index (χ1) is 5.13. The van der Waals surface area contributed by atoms with Crippen LogP contribution in [0.2, 0.25) is 0 Å². The molecule has 66 valence electrons. The molecule has 0 saturated heterocycles. The Kier molecular flexibility index (Phi) is 5.16. The maximum Gasteiger partial charge on any atom is 0.0784 e. The van der Waals surface area contributed by atoms with E-state index < -0.39 is 0 Å². The van der Waals surface area contributed by atoms with E-state index in [-0.39, 0.29) is 12.1 Å². The van der Waals surface area contributed by atoms with Gasteiger partial charge in [-0.2, -0.15) is 0 Å². The quantitative estimate of drug-likeness (QED) is 0.615. The zero-order chi connectivity index (χ0) is 8.85. The summed E-state index contributed by atoms with van der Waals surface area (Å²) in [7, 11) is 0. The molecule has 0 amide bonds. The van der Waals surface area contributed by atoms with Crippen LogP contribution in [0, 0.1) is 5.92 Å². The standard InChI is InChI=1S/C9H19NO/c1-5-8(10)9(7(3)4)11-6-2/h5,7-9H,1,6,10H2,2-4H3. The van der Waals surface area contributed by atoms with Gasteiger partial charge in [-0.15, -0.1) is 6.58 Å². The molecular weight excluding hydrogens is 138 g/mol. The smallest absolute Gasteiger partial charge is 0.0784 e. The van der Waals surface area contributed by atoms with Crippen LogP contribution in [0.4, 0.5) is 0 Å². The molecule has 0 aliphatic heterocycles. The van der Waals surface area contributed by atoms with Crippen molar-refractivity contribution in [2.45, 2.75) is 32.9 Å². The molecule has 2 unspecified atom stereocenters. The second kappa shape index (κ2) is 5.33. The van der Waals surface area contributed by atoms with Crippen LogP contribution in [0.5, 0.6) is 0 Å². The minimum absolute atomic E-state index is 0.0463. The summed E-state index contributed by atoms with van der Waals surface area (Å²) in [5, 5.41) is 0. The zero-order valence-corrected chi connectivity index (χ0v) is 7.71. The third-order valence-corrected chi connectivity index (χ3v) is 1.67. The zero-order valence-electron chi connectivity index (χ0n) is 7.71. The molecular formula is C9H19NO. The van der Waals surface area contributed by atoms with Crippen LogP contribution in [0.25, 0.3) is 0 Å². The van der Waals surface area contributed by atoms with Crippen LogP contribution in [-0.4, -0.2) is 18.8 Å². The van der Waals surface area contributed by atoms with E-state index in [1.165, 1.54) is 0 Å². The molecule has 2 nitrogen and oxygen atoms in total. The largest absolute Gasteiger partial charge is 0.376 e. The van der Waals surface area contributed by atoms with E-state index >= 15 is 0 Å². The van der Waals surface area contributed by atoms with Gasteiger partial charge < -0.3 is 10.5 Å². The summed E-state index contributed by atoms with van der Waals surface area (Å²) in [4.78, 5) is 0. The van der Waals surface area contributed by atoms with Gasteiger partial charge in [0.1, 0.15) is 0 Å². The minimum atomic E-state index is -0.0463. The maximum atomic E-state index is 5.76. The minimum Gasteiger partial charge on any atom is -0.376 e. The highest BCUT2D eigenvalue weighted by Gasteiger charge is 2.18. The lowest BCUT2D eigenvalue weighted by Crippen LogP contribution is -2.38. The summed E-state index contributed by atoms with van der Waals surface area (Å²) in [6.07, 6.45) is 1.85. The van der Waals surface area contributed by atoms with E-state index in [0.29, 0.717) is 12.5 Å². The molecule has 2 N–H and O–H groups in total. The Labute approximate surface area is 69.4 Å². The van der Waals surface area contributed by atoms with Crippen molar-refractivity contribution in [2.24, 2.45) is 11.7 Å². The van der Waals surface area contributed by atoms with Gasteiger partial charge in [0, 0.05) is 12.6 Å². The van der Waals surface area contributed by atoms with Crippen molar-refractivity contribution in [2.75, 3.05) is 6.61 Å². The van der Waals surface area contributed by atoms with Gasteiger partial charge >= 0.3 is 0 Å². The fourth-order valence-corrected chi connectivity index (χ4v) is 1.07. The highest BCUT2D eigenvalue weighted by atomic mass is 16.5. The van der Waals surface area contributed by atoms with Gasteiger partial charge in [-0.3, -0.25) is 0 Å². The molecule has 0 aliphatic carbocycles. The van der Waals surface area contributed by atoms with Crippen LogP contribution in [0.3, 0.4) is 0 Å². The van der Waals surface area contributed by atoms with E-state index in [1.807, 2.05) is 6.92 Å². The first-order valence-corrected chi connectivity index (χ1v) is 4.13. The Morgan fingerprint density at radius 3 is 2.36 bits per heavy atom. The predicted molar refractivity (Wildman–Crippen MR) is 48.4 cm³/mol. The Morgan fingerprint density at radius 1 is 1.55 bits per heavy atom. The number of ether oxygens (including phenoxy) is 1. The van der Waals surface area contributed by atoms with Crippen LogP contribution < -0.4 is 5.73 Å². The molecule has 0 aliphatic rings. The molecule has 0 fully saturated rings. The second-order valence-electron chi connectivity index (χ2n) is 2.98. The van der Waals surface area contributed by atoms with Gasteiger partial charge in [-0.05, 0) is 12.8 Å². The summed E-state index contributed by atoms with van der Waals surface area (Å²) in [5.74, 6) is 0.447. The van der Waals surface area contributed by atoms with Gasteiger partial charge in [0.05, 0.1) is 6.10 Å². The number of hydrogen-bond donors (Lipinski definition) is 1. The van der Waals surface area contributed by atoms with Crippen molar-refractivity contribution in [1.29, 1.82) is 0 Å². The maximum absolute atomic E-state index is 5.76. The summed E-state index contributed by atoms with van der Waals surface area (Å²) in [6, 6.07) is -0.0463. The molecule has 0 rings (SSSR count). The lowest BCUT2D eigenvalue weighted by Gasteiger charge is -2.24. The van der Waals surface area contributed by atoms with Gasteiger partial charge in [0.2, 0.25) is 0 Å². The van der Waals surface area contributed by atoms with E-state index in [0.717, 1.165) is 0 Å². The van der Waals surface area contributed by atoms with Crippen molar-refractivity contribution >= 4 is 0 Å². The van der Waals surface area contributed by atoms with E-state index in [4.69, 9.17) is 10.5 Å². The normalized spacial score (nSPS) is 16.5. The molecule has 0 radical (unpaired) electrons. The average molecular weight is 157 g/mol. The van der Waals surface area contributed by atoms with Crippen LogP contribution in [-0.2, 0) is 4.74 Å². The van der Waals surface area contributed by atoms with Crippen molar-refractivity contribution in [3.63, 3.8) is 0 Å². The molecule has 2 atom stereocenters. The van der Waals surface area contributed by atoms with Gasteiger partial charge in [-0.1, -0.05) is 19.9 Å². The first kappa shape index (κ1) is 10.7. The van der Waals surface area contributed by atoms with E-state index in [9.17, 15) is 0 Å². The molecule has 0 bridgehead atoms. The summed E-state index contributed by atoms with van der Waals surface area (Å²) >= 11 is 0. The summed E-state index contributed by atoms with van der Waals surface area (Å²) in [5.41, 5.74) is 5.76. The lowest BCUT2D eigenvalue weighted by atomic mass is 10.0. The Bertz CT molecular complexity index is 112. The number of hydrogen-bond acceptors (Lipinski definition) is 2. The first-order valence-electron chi connectivity index (χ1n) is 4.13. The predicted octanol–water partition coefficient (Wildman–Crippen LogP) is 1.56. The molecule has 0 spiro atoms. The van der Waals surface area contributed by atoms with E-state index in [1.54, 1.807) is 6.08 Å². The molecule has 0 saturated carbocycles. The highest BCUT2D eigenvalue weighted by Crippen LogP contribution is 2.10. The van der Waals surface area contributed by atoms with Gasteiger partial charge in [-0.25, -0.2) is 0 Å². The fraction of sp³-hybridized carbons (Fsp3) is 0.778. The third-order valence-electron chi connectivity index (χ3n) is 1.67. The molecule has 2 heteroatoms. The van der Waals surface area contributed by atoms with Crippen molar-refractivity contribution in [3.8, 4) is 0 Å². The summed E-state index contributed by atoms with van der Waals surface area (Å²) in [6.45, 7) is 10.5. The molecule has 0 aromatic heterocycles. The summed E-state index contributed by atoms with van der Waals surface area (Å²) < 4.78 is 5.46. The Balaban J connectivity index is 3.97. The van der Waals surface area contributed by atoms with E-state index in [2.05, 4.69) is 20.4 Å². The van der Waals surface area contributed by atoms with Crippen LogP contribution in [0.1, 0.15) is 20.8 Å². The second-order valence-corrected chi connectivity index (χ2v) is 2.98. The van der Waals surface area contributed by atoms with Gasteiger partial charge in [0.25, 0.3) is 0 Å². The number of rotatable bonds is 5. The van der Waals surface area contributed by atoms with Crippen molar-refractivity contribution < 1.29 is 4.74 Å². The molecule has 0 aromatic rings. The van der Waals surface area contributed by atoms with Gasteiger partial charge in [0.15, 0.2) is 0 Å². The third kappa shape index (κ3) is 3.54. The van der Waals surface area contributed by atoms with Crippen molar-refractivity contribution in [1.82, 2.24) is 0 Å². The SMILES string of the molecule is C=CC(N)C(OCC)C(C)C. The molecule has 0 heterocycles. The number of nitrogens with two attached hydrogens (primary N) is 1. The fourth-order valence-electron chi connectivity index (χ4n) is 1.07. The molecule has 0 aromatic carbocycles. The average Bonchev–Trinajstić information content (AvgIpc) is 1.98. The highest BCUT2D eigenvalue weighted by molar-refractivity contribution is 4.90.